The summed E-state index contributed by atoms with van der Waals surface area (Å²) in [5.41, 5.74) is 4.03. The van der Waals surface area contributed by atoms with Crippen molar-refractivity contribution in [3.05, 3.63) is 115 Å². The molecule has 0 saturated heterocycles. The molecule has 8 heteroatoms. The van der Waals surface area contributed by atoms with Gasteiger partial charge in [-0.25, -0.2) is 0 Å². The molecule has 0 aliphatic heterocycles. The van der Waals surface area contributed by atoms with Crippen LogP contribution >= 0.6 is 0 Å². The summed E-state index contributed by atoms with van der Waals surface area (Å²) in [6, 6.07) is 14.0. The van der Waals surface area contributed by atoms with E-state index in [4.69, 9.17) is 0 Å². The molecule has 4 N–H and O–H groups in total. The maximum absolute atomic E-state index is 12.0. The van der Waals surface area contributed by atoms with Crippen LogP contribution in [0.3, 0.4) is 0 Å². The number of phenolic OH excluding ortho intramolecular Hbond substituents is 4. The van der Waals surface area contributed by atoms with Crippen LogP contribution in [0.1, 0.15) is 112 Å². The maximum atomic E-state index is 12.0. The van der Waals surface area contributed by atoms with Gasteiger partial charge in [0.1, 0.15) is 23.0 Å². The lowest BCUT2D eigenvalue weighted by molar-refractivity contribution is 0.111. The van der Waals surface area contributed by atoms with Crippen LogP contribution in [-0.4, -0.2) is 45.6 Å². The highest BCUT2D eigenvalue weighted by Crippen LogP contribution is 2.56. The minimum absolute atomic E-state index is 0.114. The summed E-state index contributed by atoms with van der Waals surface area (Å²) in [6.45, 7) is 6.86. The number of carbonyl (C=O) groups excluding carboxylic acids is 4. The lowest BCUT2D eigenvalue weighted by Crippen LogP contribution is -2.41. The van der Waals surface area contributed by atoms with Gasteiger partial charge in [-0.2, -0.15) is 0 Å². The lowest BCUT2D eigenvalue weighted by Gasteiger charge is -2.48. The Morgan fingerprint density at radius 1 is 0.413 bits per heavy atom. The molecule has 1 saturated carbocycles. The van der Waals surface area contributed by atoms with E-state index in [0.29, 0.717) is 73.1 Å². The molecule has 236 valence electrons. The SMILES string of the molecule is Cc1cc(C2(c3cc(C)c(O)c(C=O)c3)CCC(c3cc(C)c(O)c(C=O)c3)(c3cc(C)c(O)c(C=O)c3)CC2)cc(C=O)c1O. The summed E-state index contributed by atoms with van der Waals surface area (Å²) in [6.07, 6.45) is 4.21. The standard InChI is InChI=1S/C38H36O8/c1-21-9-29(13-25(17-39)33(21)43)37(30-10-22(2)34(44)26(14-30)18-40)5-7-38(8-6-37,31-11-23(3)35(45)27(15-31)19-41)32-12-24(4)36(46)28(16-32)20-42/h9-20,43-46H,5-8H2,1-4H3. The van der Waals surface area contributed by atoms with E-state index in [-0.39, 0.29) is 45.3 Å². The van der Waals surface area contributed by atoms with Gasteiger partial charge in [-0.1, -0.05) is 24.3 Å². The zero-order valence-electron chi connectivity index (χ0n) is 26.2. The summed E-state index contributed by atoms with van der Waals surface area (Å²) in [5.74, 6) is -0.458. The third-order valence-corrected chi connectivity index (χ3v) is 10.00. The molecule has 0 atom stereocenters. The molecular formula is C38H36O8. The van der Waals surface area contributed by atoms with Crippen LogP contribution in [0.4, 0.5) is 0 Å². The van der Waals surface area contributed by atoms with Gasteiger partial charge in [-0.3, -0.25) is 19.2 Å². The van der Waals surface area contributed by atoms with Crippen LogP contribution < -0.4 is 0 Å². The predicted octanol–water partition coefficient (Wildman–Crippen LogP) is 6.84. The molecule has 0 spiro atoms. The number of aromatic hydroxyl groups is 4. The number of phenols is 4. The lowest BCUT2D eigenvalue weighted by atomic mass is 9.54. The first-order valence-corrected chi connectivity index (χ1v) is 15.0. The van der Waals surface area contributed by atoms with Gasteiger partial charge < -0.3 is 20.4 Å². The summed E-state index contributed by atoms with van der Waals surface area (Å²) in [4.78, 5) is 48.1. The highest BCUT2D eigenvalue weighted by molar-refractivity contribution is 5.83. The molecule has 46 heavy (non-hydrogen) atoms. The molecule has 1 aliphatic rings. The van der Waals surface area contributed by atoms with Gasteiger partial charge in [0.25, 0.3) is 0 Å². The number of hydrogen-bond donors (Lipinski definition) is 4. The van der Waals surface area contributed by atoms with Crippen LogP contribution in [0.2, 0.25) is 0 Å². The molecule has 1 fully saturated rings. The summed E-state index contributed by atoms with van der Waals surface area (Å²) < 4.78 is 0. The van der Waals surface area contributed by atoms with E-state index in [1.165, 1.54) is 0 Å². The van der Waals surface area contributed by atoms with Crippen molar-refractivity contribution in [2.45, 2.75) is 64.2 Å². The number of hydrogen-bond acceptors (Lipinski definition) is 8. The van der Waals surface area contributed by atoms with E-state index in [1.54, 1.807) is 52.0 Å². The molecule has 8 nitrogen and oxygen atoms in total. The molecule has 0 unspecified atom stereocenters. The normalized spacial score (nSPS) is 15.2. The fraction of sp³-hybridized carbons (Fsp3) is 0.263. The van der Waals surface area contributed by atoms with Crippen molar-refractivity contribution < 1.29 is 39.6 Å². The number of aldehydes is 4. The van der Waals surface area contributed by atoms with Crippen molar-refractivity contribution in [1.82, 2.24) is 0 Å². The Hall–Kier alpha value is -5.24. The van der Waals surface area contributed by atoms with Gasteiger partial charge in [-0.05, 0) is 122 Å². The average Bonchev–Trinajstić information content (AvgIpc) is 3.05. The second kappa shape index (κ2) is 11.9. The third-order valence-electron chi connectivity index (χ3n) is 10.00. The Balaban J connectivity index is 1.80. The fourth-order valence-corrected chi connectivity index (χ4v) is 7.28. The molecule has 4 aromatic carbocycles. The maximum Gasteiger partial charge on any atom is 0.153 e. The van der Waals surface area contributed by atoms with E-state index in [9.17, 15) is 39.6 Å². The average molecular weight is 621 g/mol. The van der Waals surface area contributed by atoms with Crippen LogP contribution in [0.15, 0.2) is 48.5 Å². The second-order valence-corrected chi connectivity index (χ2v) is 12.6. The van der Waals surface area contributed by atoms with Gasteiger partial charge in [0, 0.05) is 10.8 Å². The van der Waals surface area contributed by atoms with Crippen LogP contribution in [-0.2, 0) is 10.8 Å². The Morgan fingerprint density at radius 3 is 0.783 bits per heavy atom. The summed E-state index contributed by atoms with van der Waals surface area (Å²) >= 11 is 0. The highest BCUT2D eigenvalue weighted by atomic mass is 16.3. The monoisotopic (exact) mass is 620 g/mol. The van der Waals surface area contributed by atoms with Crippen molar-refractivity contribution in [3.8, 4) is 23.0 Å². The molecule has 0 radical (unpaired) electrons. The van der Waals surface area contributed by atoms with Gasteiger partial charge in [0.05, 0.1) is 22.3 Å². The molecular weight excluding hydrogens is 584 g/mol. The van der Waals surface area contributed by atoms with E-state index < -0.39 is 10.8 Å². The van der Waals surface area contributed by atoms with Gasteiger partial charge >= 0.3 is 0 Å². The van der Waals surface area contributed by atoms with Gasteiger partial charge in [-0.15, -0.1) is 0 Å². The Bertz CT molecular complexity index is 1640. The first kappa shape index (κ1) is 32.2. The molecule has 1 aliphatic carbocycles. The predicted molar refractivity (Wildman–Crippen MR) is 173 cm³/mol. The van der Waals surface area contributed by atoms with E-state index in [1.807, 2.05) is 24.3 Å². The molecule has 0 amide bonds. The van der Waals surface area contributed by atoms with Crippen molar-refractivity contribution >= 4 is 25.1 Å². The number of carbonyl (C=O) groups is 4. The van der Waals surface area contributed by atoms with Crippen molar-refractivity contribution in [1.29, 1.82) is 0 Å². The van der Waals surface area contributed by atoms with Crippen molar-refractivity contribution in [3.63, 3.8) is 0 Å². The summed E-state index contributed by atoms with van der Waals surface area (Å²) in [7, 11) is 0. The molecule has 0 aromatic heterocycles. The molecule has 5 rings (SSSR count). The number of benzene rings is 4. The first-order chi connectivity index (χ1) is 21.8. The first-order valence-electron chi connectivity index (χ1n) is 15.0. The van der Waals surface area contributed by atoms with E-state index in [2.05, 4.69) is 0 Å². The zero-order chi connectivity index (χ0) is 33.6. The van der Waals surface area contributed by atoms with Crippen LogP contribution in [0.25, 0.3) is 0 Å². The van der Waals surface area contributed by atoms with Crippen LogP contribution in [0.5, 0.6) is 23.0 Å². The van der Waals surface area contributed by atoms with Gasteiger partial charge in [0.2, 0.25) is 0 Å². The number of aryl methyl sites for hydroxylation is 4. The van der Waals surface area contributed by atoms with Gasteiger partial charge in [0.15, 0.2) is 25.1 Å². The minimum Gasteiger partial charge on any atom is -0.507 e. The van der Waals surface area contributed by atoms with Crippen molar-refractivity contribution in [2.75, 3.05) is 0 Å². The molecule has 0 bridgehead atoms. The van der Waals surface area contributed by atoms with E-state index >= 15 is 0 Å². The molecule has 0 heterocycles. The minimum atomic E-state index is -0.783. The Kier molecular flexibility index (Phi) is 8.34. The van der Waals surface area contributed by atoms with E-state index in [0.717, 1.165) is 22.3 Å². The number of rotatable bonds is 8. The van der Waals surface area contributed by atoms with Crippen LogP contribution in [0, 0.1) is 27.7 Å². The third kappa shape index (κ3) is 5.04. The zero-order valence-corrected chi connectivity index (χ0v) is 26.2. The largest absolute Gasteiger partial charge is 0.507 e. The topological polar surface area (TPSA) is 149 Å². The quantitative estimate of drug-likeness (QED) is 0.157. The Morgan fingerprint density at radius 2 is 0.609 bits per heavy atom. The fourth-order valence-electron chi connectivity index (χ4n) is 7.28. The second-order valence-electron chi connectivity index (χ2n) is 12.6. The smallest absolute Gasteiger partial charge is 0.153 e. The highest BCUT2D eigenvalue weighted by Gasteiger charge is 2.47. The Labute approximate surface area is 267 Å². The summed E-state index contributed by atoms with van der Waals surface area (Å²) in [5, 5.41) is 42.4. The molecule has 4 aromatic rings. The van der Waals surface area contributed by atoms with Crippen molar-refractivity contribution in [2.24, 2.45) is 0 Å².